The highest BCUT2D eigenvalue weighted by atomic mass is 16.5. The van der Waals surface area contributed by atoms with Gasteiger partial charge in [0.25, 0.3) is 0 Å². The van der Waals surface area contributed by atoms with E-state index in [2.05, 4.69) is 20.0 Å². The van der Waals surface area contributed by atoms with Crippen LogP contribution in [-0.4, -0.2) is 35.7 Å². The van der Waals surface area contributed by atoms with E-state index in [9.17, 15) is 9.59 Å². The molecule has 25 heavy (non-hydrogen) atoms. The van der Waals surface area contributed by atoms with Crippen molar-refractivity contribution in [3.63, 3.8) is 0 Å². The molecule has 0 bridgehead atoms. The first-order valence-corrected chi connectivity index (χ1v) is 7.70. The minimum atomic E-state index is -0.575. The van der Waals surface area contributed by atoms with E-state index in [1.165, 1.54) is 19.5 Å². The van der Waals surface area contributed by atoms with Crippen LogP contribution in [-0.2, 0) is 16.1 Å². The van der Waals surface area contributed by atoms with Gasteiger partial charge >= 0.3 is 12.1 Å². The van der Waals surface area contributed by atoms with Crippen molar-refractivity contribution >= 4 is 18.1 Å². The quantitative estimate of drug-likeness (QED) is 0.615. The van der Waals surface area contributed by atoms with Crippen LogP contribution >= 0.6 is 0 Å². The Morgan fingerprint density at radius 3 is 2.56 bits per heavy atom. The van der Waals surface area contributed by atoms with Crippen molar-refractivity contribution in [3.8, 4) is 0 Å². The summed E-state index contributed by atoms with van der Waals surface area (Å²) in [4.78, 5) is 30.6. The number of nitrogens with zero attached hydrogens (tertiary/aromatic N) is 2. The summed E-state index contributed by atoms with van der Waals surface area (Å²) in [7, 11) is 1.28. The van der Waals surface area contributed by atoms with Crippen molar-refractivity contribution in [2.75, 3.05) is 13.7 Å². The molecule has 7 nitrogen and oxygen atoms in total. The van der Waals surface area contributed by atoms with Crippen LogP contribution in [0.3, 0.4) is 0 Å². The molecule has 0 aliphatic rings. The molecule has 2 rings (SSSR count). The van der Waals surface area contributed by atoms with Gasteiger partial charge in [-0.2, -0.15) is 0 Å². The van der Waals surface area contributed by atoms with Gasteiger partial charge in [-0.1, -0.05) is 42.5 Å². The Morgan fingerprint density at radius 2 is 1.88 bits per heavy atom. The van der Waals surface area contributed by atoms with Crippen molar-refractivity contribution in [1.29, 1.82) is 0 Å². The highest BCUT2D eigenvalue weighted by Crippen LogP contribution is 2.02. The smallest absolute Gasteiger partial charge is 0.407 e. The fourth-order valence-electron chi connectivity index (χ4n) is 1.87. The lowest BCUT2D eigenvalue weighted by Crippen LogP contribution is -2.24. The second-order valence-corrected chi connectivity index (χ2v) is 5.01. The Bertz CT molecular complexity index is 715. The first-order valence-electron chi connectivity index (χ1n) is 7.70. The maximum atomic E-state index is 11.6. The second kappa shape index (κ2) is 9.82. The molecule has 0 spiro atoms. The summed E-state index contributed by atoms with van der Waals surface area (Å²) in [5.74, 6) is -0.559. The third kappa shape index (κ3) is 6.42. The average Bonchev–Trinajstić information content (AvgIpc) is 2.67. The zero-order valence-corrected chi connectivity index (χ0v) is 13.8. The predicted molar refractivity (Wildman–Crippen MR) is 91.7 cm³/mol. The summed E-state index contributed by atoms with van der Waals surface area (Å²) in [6.07, 6.45) is 6.89. The van der Waals surface area contributed by atoms with E-state index in [1.807, 2.05) is 36.4 Å². The zero-order valence-electron chi connectivity index (χ0n) is 13.8. The maximum absolute atomic E-state index is 11.6. The lowest BCUT2D eigenvalue weighted by Gasteiger charge is -2.05. The van der Waals surface area contributed by atoms with Crippen LogP contribution in [0.5, 0.6) is 0 Å². The fourth-order valence-corrected chi connectivity index (χ4v) is 1.87. The monoisotopic (exact) mass is 341 g/mol. The number of benzene rings is 1. The number of alkyl carbamates (subject to hydrolysis) is 1. The van der Waals surface area contributed by atoms with Gasteiger partial charge in [0.05, 0.1) is 7.11 Å². The molecule has 0 aliphatic carbocycles. The summed E-state index contributed by atoms with van der Waals surface area (Å²) in [5, 5.41) is 2.67. The van der Waals surface area contributed by atoms with Crippen LogP contribution in [0.15, 0.2) is 48.8 Å². The van der Waals surface area contributed by atoms with E-state index in [4.69, 9.17) is 4.74 Å². The SMILES string of the molecule is COC(=O)c1ncc(C=CCCNC(=O)OCc2ccccc2)cn1. The molecule has 7 heteroatoms. The van der Waals surface area contributed by atoms with Crippen molar-refractivity contribution in [2.45, 2.75) is 13.0 Å². The molecule has 1 N–H and O–H groups in total. The van der Waals surface area contributed by atoms with Gasteiger partial charge < -0.3 is 14.8 Å². The number of carbonyl (C=O) groups is 2. The topological polar surface area (TPSA) is 90.4 Å². The van der Waals surface area contributed by atoms with Gasteiger partial charge in [-0.25, -0.2) is 19.6 Å². The number of rotatable bonds is 7. The zero-order chi connectivity index (χ0) is 17.9. The highest BCUT2D eigenvalue weighted by molar-refractivity contribution is 5.84. The lowest BCUT2D eigenvalue weighted by atomic mass is 10.2. The fraction of sp³-hybridized carbons (Fsp3) is 0.222. The van der Waals surface area contributed by atoms with Crippen LogP contribution in [0.1, 0.15) is 28.2 Å². The van der Waals surface area contributed by atoms with Crippen LogP contribution < -0.4 is 5.32 Å². The summed E-state index contributed by atoms with van der Waals surface area (Å²) in [6, 6.07) is 9.47. The molecule has 0 aliphatic heterocycles. The molecule has 1 aromatic carbocycles. The lowest BCUT2D eigenvalue weighted by molar-refractivity contribution is 0.0586. The molecule has 1 heterocycles. The number of amides is 1. The number of hydrogen-bond acceptors (Lipinski definition) is 6. The molecule has 2 aromatic rings. The number of nitrogens with one attached hydrogen (secondary N) is 1. The van der Waals surface area contributed by atoms with E-state index < -0.39 is 12.1 Å². The predicted octanol–water partition coefficient (Wildman–Crippen LogP) is 2.59. The Morgan fingerprint density at radius 1 is 1.16 bits per heavy atom. The van der Waals surface area contributed by atoms with E-state index in [0.717, 1.165) is 11.1 Å². The molecule has 0 radical (unpaired) electrons. The Kier molecular flexibility index (Phi) is 7.12. The average molecular weight is 341 g/mol. The summed E-state index contributed by atoms with van der Waals surface area (Å²) in [6.45, 7) is 0.692. The minimum absolute atomic E-state index is 0.0162. The normalized spacial score (nSPS) is 10.4. The number of esters is 1. The Balaban J connectivity index is 1.65. The third-order valence-corrected chi connectivity index (χ3v) is 3.14. The molecule has 0 atom stereocenters. The molecular formula is C18H19N3O4. The number of ether oxygens (including phenoxy) is 2. The Hall–Kier alpha value is -3.22. The standard InChI is InChI=1S/C18H19N3O4/c1-24-17(22)16-20-11-15(12-21-16)9-5-6-10-19-18(23)25-13-14-7-3-2-4-8-14/h2-5,7-9,11-12H,6,10,13H2,1H3,(H,19,23). The molecule has 0 saturated heterocycles. The number of hydrogen-bond donors (Lipinski definition) is 1. The number of methoxy groups -OCH3 is 1. The number of aromatic nitrogens is 2. The van der Waals surface area contributed by atoms with Gasteiger partial charge in [0, 0.05) is 24.5 Å². The van der Waals surface area contributed by atoms with E-state index >= 15 is 0 Å². The first-order chi connectivity index (χ1) is 12.2. The largest absolute Gasteiger partial charge is 0.463 e. The van der Waals surface area contributed by atoms with Crippen LogP contribution in [0.25, 0.3) is 6.08 Å². The van der Waals surface area contributed by atoms with Gasteiger partial charge in [-0.3, -0.25) is 0 Å². The van der Waals surface area contributed by atoms with Crippen LogP contribution in [0.2, 0.25) is 0 Å². The molecular weight excluding hydrogens is 322 g/mol. The number of carbonyl (C=O) groups excluding carboxylic acids is 2. The van der Waals surface area contributed by atoms with Gasteiger partial charge in [-0.05, 0) is 12.0 Å². The van der Waals surface area contributed by atoms with Crippen molar-refractivity contribution in [3.05, 3.63) is 65.8 Å². The van der Waals surface area contributed by atoms with Crippen molar-refractivity contribution in [2.24, 2.45) is 0 Å². The van der Waals surface area contributed by atoms with Gasteiger partial charge in [0.2, 0.25) is 5.82 Å². The van der Waals surface area contributed by atoms with Crippen LogP contribution in [0, 0.1) is 0 Å². The highest BCUT2D eigenvalue weighted by Gasteiger charge is 2.07. The molecule has 0 fully saturated rings. The van der Waals surface area contributed by atoms with Gasteiger partial charge in [0.15, 0.2) is 0 Å². The van der Waals surface area contributed by atoms with E-state index in [1.54, 1.807) is 6.08 Å². The summed E-state index contributed by atoms with van der Waals surface area (Å²) >= 11 is 0. The summed E-state index contributed by atoms with van der Waals surface area (Å²) in [5.41, 5.74) is 1.69. The molecule has 130 valence electrons. The molecule has 1 amide bonds. The van der Waals surface area contributed by atoms with Gasteiger partial charge in [-0.15, -0.1) is 0 Å². The third-order valence-electron chi connectivity index (χ3n) is 3.14. The minimum Gasteiger partial charge on any atom is -0.463 e. The molecule has 0 saturated carbocycles. The van der Waals surface area contributed by atoms with Crippen LogP contribution in [0.4, 0.5) is 4.79 Å². The van der Waals surface area contributed by atoms with Gasteiger partial charge in [0.1, 0.15) is 6.61 Å². The van der Waals surface area contributed by atoms with Crippen molar-refractivity contribution < 1.29 is 19.1 Å². The maximum Gasteiger partial charge on any atom is 0.407 e. The molecule has 0 unspecified atom stereocenters. The van der Waals surface area contributed by atoms with Crippen molar-refractivity contribution in [1.82, 2.24) is 15.3 Å². The second-order valence-electron chi connectivity index (χ2n) is 5.01. The Labute approximate surface area is 145 Å². The van der Waals surface area contributed by atoms with E-state index in [0.29, 0.717) is 13.0 Å². The first kappa shape index (κ1) is 18.1. The summed E-state index contributed by atoms with van der Waals surface area (Å²) < 4.78 is 9.63. The molecule has 1 aromatic heterocycles. The van der Waals surface area contributed by atoms with E-state index in [-0.39, 0.29) is 12.4 Å².